The highest BCUT2D eigenvalue weighted by molar-refractivity contribution is 8.18. The van der Waals surface area contributed by atoms with Crippen LogP contribution in [0.3, 0.4) is 0 Å². The van der Waals surface area contributed by atoms with Crippen LogP contribution in [0.4, 0.5) is 11.4 Å². The second-order valence-electron chi connectivity index (χ2n) is 8.20. The number of ether oxygens (including phenoxy) is 2. The molecule has 4 rings (SSSR count). The predicted octanol–water partition coefficient (Wildman–Crippen LogP) is 5.98. The Kier molecular flexibility index (Phi) is 8.19. The molecular formula is C26H30ClN3O3S. The van der Waals surface area contributed by atoms with Gasteiger partial charge in [0.25, 0.3) is 5.91 Å². The van der Waals surface area contributed by atoms with Gasteiger partial charge in [0, 0.05) is 25.3 Å². The number of nitrogens with zero attached hydrogens (tertiary/aromatic N) is 3. The number of rotatable bonds is 7. The van der Waals surface area contributed by atoms with Crippen LogP contribution in [0.1, 0.15) is 32.8 Å². The quantitative estimate of drug-likeness (QED) is 0.439. The molecule has 1 amide bonds. The van der Waals surface area contributed by atoms with E-state index in [4.69, 9.17) is 26.1 Å². The number of thioether (sulfide) groups is 1. The molecule has 2 aliphatic rings. The molecule has 0 aromatic heterocycles. The molecule has 0 bridgehead atoms. The normalized spacial score (nSPS) is 19.8. The summed E-state index contributed by atoms with van der Waals surface area (Å²) in [5, 5.41) is 1.22. The van der Waals surface area contributed by atoms with Gasteiger partial charge in [0.2, 0.25) is 0 Å². The standard InChI is InChI=1S/C26H30ClN3O3S/c1-4-18(3)33-23-11-6-19(16-22(23)27)17-24-25(31)30(5-2)26(34-24)28-20-7-9-21(10-8-20)29-12-14-32-15-13-29/h6-11,16-18H,4-5,12-15H2,1-3H3/b24-17+,28-26?. The number of likely N-dealkylation sites (N-methyl/N-ethyl adjacent to an activating group) is 1. The fraction of sp³-hybridized carbons (Fsp3) is 0.385. The van der Waals surface area contributed by atoms with E-state index in [1.807, 2.05) is 50.3 Å². The maximum Gasteiger partial charge on any atom is 0.266 e. The van der Waals surface area contributed by atoms with Crippen LogP contribution in [-0.4, -0.2) is 54.9 Å². The highest BCUT2D eigenvalue weighted by atomic mass is 35.5. The zero-order valence-corrected chi connectivity index (χ0v) is 21.4. The van der Waals surface area contributed by atoms with Crippen LogP contribution in [0, 0.1) is 0 Å². The van der Waals surface area contributed by atoms with Crippen molar-refractivity contribution in [2.24, 2.45) is 4.99 Å². The number of anilines is 1. The third-order valence-electron chi connectivity index (χ3n) is 5.81. The van der Waals surface area contributed by atoms with Gasteiger partial charge in [0.05, 0.1) is 34.9 Å². The first-order valence-electron chi connectivity index (χ1n) is 11.7. The molecule has 0 radical (unpaired) electrons. The Morgan fingerprint density at radius 2 is 1.91 bits per heavy atom. The van der Waals surface area contributed by atoms with E-state index in [0.29, 0.717) is 27.4 Å². The predicted molar refractivity (Wildman–Crippen MR) is 141 cm³/mol. The minimum Gasteiger partial charge on any atom is -0.489 e. The summed E-state index contributed by atoms with van der Waals surface area (Å²) in [4.78, 5) is 22.4. The van der Waals surface area contributed by atoms with Crippen molar-refractivity contribution < 1.29 is 14.3 Å². The van der Waals surface area contributed by atoms with Gasteiger partial charge in [-0.2, -0.15) is 0 Å². The lowest BCUT2D eigenvalue weighted by atomic mass is 10.2. The Morgan fingerprint density at radius 3 is 2.56 bits per heavy atom. The molecule has 180 valence electrons. The first-order valence-corrected chi connectivity index (χ1v) is 12.9. The summed E-state index contributed by atoms with van der Waals surface area (Å²) in [5.74, 6) is 0.605. The third kappa shape index (κ3) is 5.77. The maximum absolute atomic E-state index is 13.0. The molecule has 0 aliphatic carbocycles. The van der Waals surface area contributed by atoms with Crippen molar-refractivity contribution in [2.45, 2.75) is 33.3 Å². The number of carbonyl (C=O) groups excluding carboxylic acids is 1. The number of aliphatic imine (C=N–C) groups is 1. The van der Waals surface area contributed by atoms with Crippen molar-refractivity contribution in [1.82, 2.24) is 4.90 Å². The number of hydrogen-bond donors (Lipinski definition) is 0. The number of carbonyl (C=O) groups is 1. The van der Waals surface area contributed by atoms with Gasteiger partial charge in [-0.05, 0) is 80.1 Å². The molecular weight excluding hydrogens is 470 g/mol. The second-order valence-corrected chi connectivity index (χ2v) is 9.61. The molecule has 6 nitrogen and oxygen atoms in total. The van der Waals surface area contributed by atoms with Crippen LogP contribution in [0.15, 0.2) is 52.4 Å². The molecule has 2 saturated heterocycles. The van der Waals surface area contributed by atoms with Gasteiger partial charge in [-0.1, -0.05) is 24.6 Å². The van der Waals surface area contributed by atoms with E-state index >= 15 is 0 Å². The molecule has 2 aromatic carbocycles. The van der Waals surface area contributed by atoms with Gasteiger partial charge in [-0.15, -0.1) is 0 Å². The highest BCUT2D eigenvalue weighted by Gasteiger charge is 2.32. The lowest BCUT2D eigenvalue weighted by Gasteiger charge is -2.28. The number of amides is 1. The van der Waals surface area contributed by atoms with E-state index in [1.54, 1.807) is 4.90 Å². The Hall–Kier alpha value is -2.48. The first-order chi connectivity index (χ1) is 16.5. The maximum atomic E-state index is 13.0. The Morgan fingerprint density at radius 1 is 1.18 bits per heavy atom. The number of hydrogen-bond acceptors (Lipinski definition) is 6. The zero-order valence-electron chi connectivity index (χ0n) is 19.8. The molecule has 2 fully saturated rings. The van der Waals surface area contributed by atoms with Gasteiger partial charge in [-0.3, -0.25) is 9.69 Å². The van der Waals surface area contributed by atoms with E-state index in [-0.39, 0.29) is 12.0 Å². The molecule has 2 aliphatic heterocycles. The molecule has 1 unspecified atom stereocenters. The van der Waals surface area contributed by atoms with Crippen LogP contribution in [0.5, 0.6) is 5.75 Å². The van der Waals surface area contributed by atoms with Gasteiger partial charge in [-0.25, -0.2) is 4.99 Å². The molecule has 0 spiro atoms. The summed E-state index contributed by atoms with van der Waals surface area (Å²) in [6, 6.07) is 13.7. The lowest BCUT2D eigenvalue weighted by molar-refractivity contribution is -0.122. The molecule has 2 aromatic rings. The van der Waals surface area contributed by atoms with Crippen molar-refractivity contribution in [3.05, 3.63) is 58.0 Å². The van der Waals surface area contributed by atoms with Crippen LogP contribution in [-0.2, 0) is 9.53 Å². The minimum absolute atomic E-state index is 0.0489. The Labute approximate surface area is 210 Å². The van der Waals surface area contributed by atoms with Gasteiger partial charge in [0.15, 0.2) is 5.17 Å². The van der Waals surface area contributed by atoms with E-state index in [0.717, 1.165) is 49.7 Å². The first kappa shape index (κ1) is 24.6. The van der Waals surface area contributed by atoms with Crippen LogP contribution in [0.25, 0.3) is 6.08 Å². The SMILES string of the molecule is CCC(C)Oc1ccc(/C=C2/SC(=Nc3ccc(N4CCOCC4)cc3)N(CC)C2=O)cc1Cl. The summed E-state index contributed by atoms with van der Waals surface area (Å²) in [7, 11) is 0. The van der Waals surface area contributed by atoms with Crippen molar-refractivity contribution in [2.75, 3.05) is 37.7 Å². The topological polar surface area (TPSA) is 54.4 Å². The monoisotopic (exact) mass is 499 g/mol. The number of benzene rings is 2. The minimum atomic E-state index is -0.0489. The second kappa shape index (κ2) is 11.3. The average molecular weight is 500 g/mol. The van der Waals surface area contributed by atoms with Gasteiger partial charge in [0.1, 0.15) is 5.75 Å². The number of halogens is 1. The fourth-order valence-corrected chi connectivity index (χ4v) is 4.99. The smallest absolute Gasteiger partial charge is 0.266 e. The molecule has 0 N–H and O–H groups in total. The summed E-state index contributed by atoms with van der Waals surface area (Å²) in [6.07, 6.45) is 2.85. The third-order valence-corrected chi connectivity index (χ3v) is 7.11. The number of amidine groups is 1. The summed E-state index contributed by atoms with van der Waals surface area (Å²) in [6.45, 7) is 9.88. The largest absolute Gasteiger partial charge is 0.489 e. The molecule has 34 heavy (non-hydrogen) atoms. The van der Waals surface area contributed by atoms with Crippen LogP contribution >= 0.6 is 23.4 Å². The Bertz CT molecular complexity index is 1080. The highest BCUT2D eigenvalue weighted by Crippen LogP contribution is 2.35. The van der Waals surface area contributed by atoms with Crippen molar-refractivity contribution in [3.63, 3.8) is 0 Å². The van der Waals surface area contributed by atoms with Crippen molar-refractivity contribution in [1.29, 1.82) is 0 Å². The molecule has 1 atom stereocenters. The van der Waals surface area contributed by atoms with Crippen LogP contribution < -0.4 is 9.64 Å². The summed E-state index contributed by atoms with van der Waals surface area (Å²) >= 11 is 7.81. The van der Waals surface area contributed by atoms with Crippen LogP contribution in [0.2, 0.25) is 5.02 Å². The Balaban J connectivity index is 1.51. The average Bonchev–Trinajstić information content (AvgIpc) is 3.15. The van der Waals surface area contributed by atoms with E-state index in [1.165, 1.54) is 11.8 Å². The molecule has 2 heterocycles. The fourth-order valence-electron chi connectivity index (χ4n) is 3.69. The summed E-state index contributed by atoms with van der Waals surface area (Å²) < 4.78 is 11.3. The van der Waals surface area contributed by atoms with Crippen molar-refractivity contribution in [3.8, 4) is 5.75 Å². The van der Waals surface area contributed by atoms with E-state index in [2.05, 4.69) is 24.0 Å². The van der Waals surface area contributed by atoms with Gasteiger partial charge < -0.3 is 14.4 Å². The molecule has 0 saturated carbocycles. The summed E-state index contributed by atoms with van der Waals surface area (Å²) in [5.41, 5.74) is 2.83. The van der Waals surface area contributed by atoms with Crippen molar-refractivity contribution >= 4 is 51.9 Å². The number of morpholine rings is 1. The zero-order chi connectivity index (χ0) is 24.1. The van der Waals surface area contributed by atoms with Gasteiger partial charge >= 0.3 is 0 Å². The lowest BCUT2D eigenvalue weighted by Crippen LogP contribution is -2.36. The molecule has 8 heteroatoms. The van der Waals surface area contributed by atoms with E-state index in [9.17, 15) is 4.79 Å². The van der Waals surface area contributed by atoms with E-state index < -0.39 is 0 Å².